The van der Waals surface area contributed by atoms with Crippen LogP contribution in [0.25, 0.3) is 11.4 Å². The summed E-state index contributed by atoms with van der Waals surface area (Å²) in [5.74, 6) is 0.785. The summed E-state index contributed by atoms with van der Waals surface area (Å²) in [4.78, 5) is 9.19. The second-order valence-corrected chi connectivity index (χ2v) is 9.40. The molecule has 1 heterocycles. The fourth-order valence-electron chi connectivity index (χ4n) is 4.24. The Morgan fingerprint density at radius 2 is 1.19 bits per heavy atom. The first-order chi connectivity index (χ1) is 15.7. The number of aryl methyl sites for hydroxylation is 1. The zero-order valence-corrected chi connectivity index (χ0v) is 20.7. The smallest absolute Gasteiger partial charge is 0.159 e. The van der Waals surface area contributed by atoms with Crippen molar-refractivity contribution >= 4 is 0 Å². The molecule has 1 N–H and O–H groups in total. The van der Waals surface area contributed by atoms with Crippen LogP contribution in [0.3, 0.4) is 0 Å². The Hall–Kier alpha value is -1.74. The van der Waals surface area contributed by atoms with Crippen LogP contribution in [0.2, 0.25) is 0 Å². The first-order valence-corrected chi connectivity index (χ1v) is 13.3. The first-order valence-electron chi connectivity index (χ1n) is 13.3. The zero-order valence-electron chi connectivity index (χ0n) is 20.7. The van der Waals surface area contributed by atoms with Gasteiger partial charge in [0, 0.05) is 18.0 Å². The van der Waals surface area contributed by atoms with Crippen molar-refractivity contribution in [2.24, 2.45) is 0 Å². The Balaban J connectivity index is 1.68. The molecular weight excluding hydrogens is 392 g/mol. The van der Waals surface area contributed by atoms with E-state index in [0.29, 0.717) is 0 Å². The summed E-state index contributed by atoms with van der Waals surface area (Å²) >= 11 is 0. The average molecular weight is 439 g/mol. The number of hydrogen-bond donors (Lipinski definition) is 1. The lowest BCUT2D eigenvalue weighted by molar-refractivity contribution is 0.161. The SMILES string of the molecule is CCCCCCCCCCc1cnc(-c2ccc(CC(O)CCCCCCC)cc2)nc1. The summed E-state index contributed by atoms with van der Waals surface area (Å²) in [6, 6.07) is 8.37. The normalized spacial score (nSPS) is 12.2. The van der Waals surface area contributed by atoms with Crippen molar-refractivity contribution in [1.82, 2.24) is 9.97 Å². The van der Waals surface area contributed by atoms with E-state index in [4.69, 9.17) is 0 Å². The molecule has 0 bridgehead atoms. The Morgan fingerprint density at radius 1 is 0.656 bits per heavy atom. The van der Waals surface area contributed by atoms with Gasteiger partial charge in [-0.3, -0.25) is 0 Å². The predicted molar refractivity (Wildman–Crippen MR) is 137 cm³/mol. The van der Waals surface area contributed by atoms with Gasteiger partial charge in [0.15, 0.2) is 5.82 Å². The van der Waals surface area contributed by atoms with Crippen LogP contribution in [0.1, 0.15) is 115 Å². The maximum atomic E-state index is 10.3. The van der Waals surface area contributed by atoms with Crippen LogP contribution in [0, 0.1) is 0 Å². The van der Waals surface area contributed by atoms with E-state index in [-0.39, 0.29) is 6.10 Å². The first kappa shape index (κ1) is 26.5. The number of aliphatic hydroxyl groups excluding tert-OH is 1. The molecule has 0 fully saturated rings. The number of benzene rings is 1. The highest BCUT2D eigenvalue weighted by Crippen LogP contribution is 2.18. The Kier molecular flexibility index (Phi) is 13.9. The lowest BCUT2D eigenvalue weighted by Crippen LogP contribution is -2.10. The number of rotatable bonds is 18. The Labute approximate surface area is 197 Å². The molecule has 0 amide bonds. The maximum absolute atomic E-state index is 10.3. The van der Waals surface area contributed by atoms with Crippen molar-refractivity contribution < 1.29 is 5.11 Å². The molecule has 2 aromatic rings. The third-order valence-corrected chi connectivity index (χ3v) is 6.35. The van der Waals surface area contributed by atoms with Crippen molar-refractivity contribution in [2.75, 3.05) is 0 Å². The van der Waals surface area contributed by atoms with Gasteiger partial charge >= 0.3 is 0 Å². The van der Waals surface area contributed by atoms with E-state index >= 15 is 0 Å². The molecule has 1 unspecified atom stereocenters. The minimum atomic E-state index is -0.241. The molecule has 32 heavy (non-hydrogen) atoms. The zero-order chi connectivity index (χ0) is 22.9. The van der Waals surface area contributed by atoms with Crippen molar-refractivity contribution in [3.05, 3.63) is 47.8 Å². The van der Waals surface area contributed by atoms with Gasteiger partial charge in [-0.25, -0.2) is 9.97 Å². The van der Waals surface area contributed by atoms with Gasteiger partial charge in [0.2, 0.25) is 0 Å². The van der Waals surface area contributed by atoms with Crippen LogP contribution in [0.4, 0.5) is 0 Å². The van der Waals surface area contributed by atoms with Gasteiger partial charge < -0.3 is 5.11 Å². The summed E-state index contributed by atoms with van der Waals surface area (Å²) in [6.07, 6.45) is 23.4. The van der Waals surface area contributed by atoms with E-state index < -0.39 is 0 Å². The van der Waals surface area contributed by atoms with Crippen LogP contribution >= 0.6 is 0 Å². The number of nitrogens with zero attached hydrogens (tertiary/aromatic N) is 2. The van der Waals surface area contributed by atoms with Gasteiger partial charge in [-0.1, -0.05) is 115 Å². The summed E-state index contributed by atoms with van der Waals surface area (Å²) in [7, 11) is 0. The average Bonchev–Trinajstić information content (AvgIpc) is 2.81. The summed E-state index contributed by atoms with van der Waals surface area (Å²) in [5.41, 5.74) is 3.46. The second-order valence-electron chi connectivity index (χ2n) is 9.40. The van der Waals surface area contributed by atoms with Gasteiger partial charge in [-0.15, -0.1) is 0 Å². The highest BCUT2D eigenvalue weighted by molar-refractivity contribution is 5.55. The minimum Gasteiger partial charge on any atom is -0.393 e. The molecule has 0 aliphatic carbocycles. The van der Waals surface area contributed by atoms with E-state index in [9.17, 15) is 5.11 Å². The number of hydrogen-bond acceptors (Lipinski definition) is 3. The molecule has 3 heteroatoms. The summed E-state index contributed by atoms with van der Waals surface area (Å²) in [6.45, 7) is 4.50. The molecule has 1 aromatic carbocycles. The highest BCUT2D eigenvalue weighted by Gasteiger charge is 2.07. The maximum Gasteiger partial charge on any atom is 0.159 e. The van der Waals surface area contributed by atoms with Gasteiger partial charge in [-0.05, 0) is 36.8 Å². The molecule has 2 rings (SSSR count). The van der Waals surface area contributed by atoms with Crippen molar-refractivity contribution in [3.63, 3.8) is 0 Å². The number of aromatic nitrogens is 2. The summed E-state index contributed by atoms with van der Waals surface area (Å²) in [5, 5.41) is 10.3. The topological polar surface area (TPSA) is 46.0 Å². The molecule has 178 valence electrons. The molecule has 0 saturated carbocycles. The fraction of sp³-hybridized carbons (Fsp3) is 0.655. The highest BCUT2D eigenvalue weighted by atomic mass is 16.3. The van der Waals surface area contributed by atoms with Crippen LogP contribution in [-0.2, 0) is 12.8 Å². The molecule has 3 nitrogen and oxygen atoms in total. The molecular formula is C29H46N2O. The lowest BCUT2D eigenvalue weighted by atomic mass is 10.0. The van der Waals surface area contributed by atoms with Crippen LogP contribution in [-0.4, -0.2) is 21.2 Å². The molecule has 0 aliphatic heterocycles. The Morgan fingerprint density at radius 3 is 1.78 bits per heavy atom. The Bertz CT molecular complexity index is 696. The quantitative estimate of drug-likeness (QED) is 0.239. The van der Waals surface area contributed by atoms with Gasteiger partial charge in [0.1, 0.15) is 0 Å². The van der Waals surface area contributed by atoms with Gasteiger partial charge in [-0.2, -0.15) is 0 Å². The summed E-state index contributed by atoms with van der Waals surface area (Å²) < 4.78 is 0. The monoisotopic (exact) mass is 438 g/mol. The number of unbranched alkanes of at least 4 members (excludes halogenated alkanes) is 11. The largest absolute Gasteiger partial charge is 0.393 e. The molecule has 0 spiro atoms. The van der Waals surface area contributed by atoms with E-state index in [0.717, 1.165) is 37.1 Å². The van der Waals surface area contributed by atoms with E-state index in [1.165, 1.54) is 88.2 Å². The number of aliphatic hydroxyl groups is 1. The minimum absolute atomic E-state index is 0.241. The van der Waals surface area contributed by atoms with Crippen LogP contribution in [0.15, 0.2) is 36.7 Å². The van der Waals surface area contributed by atoms with Crippen molar-refractivity contribution in [2.45, 2.75) is 123 Å². The van der Waals surface area contributed by atoms with E-state index in [1.54, 1.807) is 0 Å². The van der Waals surface area contributed by atoms with Crippen LogP contribution < -0.4 is 0 Å². The fourth-order valence-corrected chi connectivity index (χ4v) is 4.24. The van der Waals surface area contributed by atoms with Gasteiger partial charge in [0.25, 0.3) is 0 Å². The lowest BCUT2D eigenvalue weighted by Gasteiger charge is -2.11. The third kappa shape index (κ3) is 11.2. The third-order valence-electron chi connectivity index (χ3n) is 6.35. The molecule has 0 radical (unpaired) electrons. The van der Waals surface area contributed by atoms with Crippen molar-refractivity contribution in [1.29, 1.82) is 0 Å². The predicted octanol–water partition coefficient (Wildman–Crippen LogP) is 8.09. The standard InChI is InChI=1S/C29H46N2O/c1-3-5-7-9-10-11-13-14-16-26-23-30-29(31-24-26)27-20-18-25(19-21-27)22-28(32)17-15-12-8-6-4-2/h18-21,23-24,28,32H,3-17,22H2,1-2H3. The van der Waals surface area contributed by atoms with E-state index in [2.05, 4.69) is 48.1 Å². The molecule has 0 saturated heterocycles. The van der Waals surface area contributed by atoms with Crippen molar-refractivity contribution in [3.8, 4) is 11.4 Å². The molecule has 1 atom stereocenters. The second kappa shape index (κ2) is 16.8. The van der Waals surface area contributed by atoms with E-state index in [1.807, 2.05) is 12.4 Å². The van der Waals surface area contributed by atoms with Crippen LogP contribution in [0.5, 0.6) is 0 Å². The van der Waals surface area contributed by atoms with Gasteiger partial charge in [0.05, 0.1) is 6.10 Å². The molecule has 0 aliphatic rings. The molecule has 1 aromatic heterocycles.